The predicted octanol–water partition coefficient (Wildman–Crippen LogP) is 14.1. The molecule has 0 saturated carbocycles. The van der Waals surface area contributed by atoms with Crippen LogP contribution in [0.2, 0.25) is 0 Å². The van der Waals surface area contributed by atoms with Gasteiger partial charge in [0, 0.05) is 27.3 Å². The van der Waals surface area contributed by atoms with Gasteiger partial charge in [0.1, 0.15) is 22.3 Å². The third-order valence-corrected chi connectivity index (χ3v) is 11.3. The van der Waals surface area contributed by atoms with Crippen LogP contribution in [-0.2, 0) is 5.41 Å². The standard InChI is InChI=1S/C49H33NO2/c1-49(2)37-21-8-5-17-34(37)45-38(49)22-12-23-39(45)50(40-24-13-27-44-46(40)35-18-6-9-25-42(35)51-44)41-29-28-33(32-20-11-15-30-14-3-4-16-31(30)32)48-47(41)36-19-7-10-26-43(36)52-48/h3-29H,1-2H3. The minimum absolute atomic E-state index is 0.155. The van der Waals surface area contributed by atoms with Crippen LogP contribution in [0, 0.1) is 0 Å². The summed E-state index contributed by atoms with van der Waals surface area (Å²) in [5.41, 5.74) is 14.0. The Hall–Kier alpha value is -6.58. The van der Waals surface area contributed by atoms with Crippen LogP contribution in [0.15, 0.2) is 173 Å². The first kappa shape index (κ1) is 29.2. The van der Waals surface area contributed by atoms with E-state index in [2.05, 4.69) is 176 Å². The number of hydrogen-bond donors (Lipinski definition) is 0. The summed E-state index contributed by atoms with van der Waals surface area (Å²) < 4.78 is 13.4. The highest BCUT2D eigenvalue weighted by atomic mass is 16.3. The van der Waals surface area contributed by atoms with Crippen LogP contribution >= 0.6 is 0 Å². The Morgan fingerprint density at radius 3 is 1.85 bits per heavy atom. The molecule has 0 unspecified atom stereocenters. The van der Waals surface area contributed by atoms with Crippen LogP contribution in [-0.4, -0.2) is 0 Å². The minimum Gasteiger partial charge on any atom is -0.456 e. The van der Waals surface area contributed by atoms with Crippen molar-refractivity contribution in [2.24, 2.45) is 0 Å². The van der Waals surface area contributed by atoms with Crippen molar-refractivity contribution in [3.63, 3.8) is 0 Å². The SMILES string of the molecule is CC1(C)c2ccccc2-c2c(N(c3cccc4oc5ccccc5c34)c3ccc(-c4cccc5ccccc45)c4oc5ccccc5c34)cccc21. The average Bonchev–Trinajstić information content (AvgIpc) is 3.84. The molecule has 0 saturated heterocycles. The fourth-order valence-electron chi connectivity index (χ4n) is 8.92. The Morgan fingerprint density at radius 2 is 0.981 bits per heavy atom. The molecule has 11 rings (SSSR count). The topological polar surface area (TPSA) is 29.5 Å². The van der Waals surface area contributed by atoms with Gasteiger partial charge in [0.25, 0.3) is 0 Å². The fourth-order valence-corrected chi connectivity index (χ4v) is 8.92. The molecule has 3 nitrogen and oxygen atoms in total. The Balaban J connectivity index is 1.30. The molecule has 10 aromatic rings. The van der Waals surface area contributed by atoms with Crippen molar-refractivity contribution in [3.05, 3.63) is 175 Å². The van der Waals surface area contributed by atoms with Crippen LogP contribution in [0.25, 0.3) is 76.9 Å². The lowest BCUT2D eigenvalue weighted by Crippen LogP contribution is -2.16. The predicted molar refractivity (Wildman–Crippen MR) is 216 cm³/mol. The van der Waals surface area contributed by atoms with E-state index in [4.69, 9.17) is 8.83 Å². The maximum Gasteiger partial charge on any atom is 0.145 e. The molecule has 8 aromatic carbocycles. The van der Waals surface area contributed by atoms with Crippen LogP contribution in [0.1, 0.15) is 25.0 Å². The maximum atomic E-state index is 6.93. The van der Waals surface area contributed by atoms with Gasteiger partial charge in [-0.3, -0.25) is 0 Å². The molecular weight excluding hydrogens is 635 g/mol. The van der Waals surface area contributed by atoms with Crippen molar-refractivity contribution in [2.45, 2.75) is 19.3 Å². The van der Waals surface area contributed by atoms with E-state index in [1.165, 1.54) is 33.0 Å². The smallest absolute Gasteiger partial charge is 0.145 e. The summed E-state index contributed by atoms with van der Waals surface area (Å²) >= 11 is 0. The third kappa shape index (κ3) is 3.96. The Labute approximate surface area is 301 Å². The summed E-state index contributed by atoms with van der Waals surface area (Å²) in [5, 5.41) is 6.74. The molecule has 0 radical (unpaired) electrons. The summed E-state index contributed by atoms with van der Waals surface area (Å²) in [4.78, 5) is 2.47. The van der Waals surface area contributed by atoms with E-state index < -0.39 is 0 Å². The molecule has 0 spiro atoms. The summed E-state index contributed by atoms with van der Waals surface area (Å²) in [6, 6.07) is 58.6. The van der Waals surface area contributed by atoms with Gasteiger partial charge < -0.3 is 13.7 Å². The second-order valence-corrected chi connectivity index (χ2v) is 14.4. The van der Waals surface area contributed by atoms with Crippen LogP contribution in [0.3, 0.4) is 0 Å². The molecule has 0 aliphatic heterocycles. The van der Waals surface area contributed by atoms with Crippen molar-refractivity contribution in [1.29, 1.82) is 0 Å². The van der Waals surface area contributed by atoms with Crippen molar-refractivity contribution in [1.82, 2.24) is 0 Å². The molecule has 3 heteroatoms. The quantitative estimate of drug-likeness (QED) is 0.187. The molecule has 0 N–H and O–H groups in total. The van der Waals surface area contributed by atoms with Gasteiger partial charge in [0.2, 0.25) is 0 Å². The highest BCUT2D eigenvalue weighted by Gasteiger charge is 2.38. The molecule has 0 atom stereocenters. The molecule has 0 fully saturated rings. The number of benzene rings is 8. The van der Waals surface area contributed by atoms with E-state index in [1.54, 1.807) is 0 Å². The second kappa shape index (κ2) is 10.7. The first-order valence-electron chi connectivity index (χ1n) is 17.9. The van der Waals surface area contributed by atoms with Gasteiger partial charge in [-0.25, -0.2) is 0 Å². The van der Waals surface area contributed by atoms with Crippen LogP contribution < -0.4 is 4.90 Å². The largest absolute Gasteiger partial charge is 0.456 e. The average molecular weight is 668 g/mol. The number of rotatable bonds is 4. The number of para-hydroxylation sites is 2. The van der Waals surface area contributed by atoms with Crippen molar-refractivity contribution >= 4 is 71.7 Å². The van der Waals surface area contributed by atoms with E-state index in [0.29, 0.717) is 0 Å². The monoisotopic (exact) mass is 667 g/mol. The summed E-state index contributed by atoms with van der Waals surface area (Å²) in [6.45, 7) is 4.69. The van der Waals surface area contributed by atoms with Gasteiger partial charge in [-0.15, -0.1) is 0 Å². The van der Waals surface area contributed by atoms with Crippen LogP contribution in [0.5, 0.6) is 0 Å². The third-order valence-electron chi connectivity index (χ3n) is 11.3. The highest BCUT2D eigenvalue weighted by Crippen LogP contribution is 2.56. The van der Waals surface area contributed by atoms with E-state index in [1.807, 2.05) is 6.07 Å². The van der Waals surface area contributed by atoms with E-state index in [9.17, 15) is 0 Å². The molecular formula is C49H33NO2. The van der Waals surface area contributed by atoms with Crippen molar-refractivity contribution < 1.29 is 8.83 Å². The van der Waals surface area contributed by atoms with Gasteiger partial charge in [-0.2, -0.15) is 0 Å². The first-order chi connectivity index (χ1) is 25.6. The number of furan rings is 2. The van der Waals surface area contributed by atoms with Crippen molar-refractivity contribution in [3.8, 4) is 22.3 Å². The molecule has 2 heterocycles. The lowest BCUT2D eigenvalue weighted by molar-refractivity contribution is 0.660. The number of nitrogens with zero attached hydrogens (tertiary/aromatic N) is 1. The van der Waals surface area contributed by atoms with Crippen LogP contribution in [0.4, 0.5) is 17.1 Å². The van der Waals surface area contributed by atoms with E-state index in [0.717, 1.165) is 72.1 Å². The first-order valence-corrected chi connectivity index (χ1v) is 17.9. The molecule has 246 valence electrons. The van der Waals surface area contributed by atoms with Gasteiger partial charge in [0.15, 0.2) is 0 Å². The zero-order valence-electron chi connectivity index (χ0n) is 28.9. The van der Waals surface area contributed by atoms with Gasteiger partial charge >= 0.3 is 0 Å². The number of hydrogen-bond acceptors (Lipinski definition) is 3. The Bertz CT molecular complexity index is 3060. The summed E-state index contributed by atoms with van der Waals surface area (Å²) in [5.74, 6) is 0. The molecule has 1 aliphatic rings. The number of anilines is 3. The van der Waals surface area contributed by atoms with Gasteiger partial charge in [-0.05, 0) is 75.5 Å². The molecule has 0 bridgehead atoms. The fraction of sp³-hybridized carbons (Fsp3) is 0.0612. The van der Waals surface area contributed by atoms with E-state index >= 15 is 0 Å². The molecule has 52 heavy (non-hydrogen) atoms. The Morgan fingerprint density at radius 1 is 0.404 bits per heavy atom. The number of fused-ring (bicyclic) bond motifs is 10. The highest BCUT2D eigenvalue weighted by molar-refractivity contribution is 6.21. The molecule has 0 amide bonds. The van der Waals surface area contributed by atoms with Crippen molar-refractivity contribution in [2.75, 3.05) is 4.90 Å². The molecule has 1 aliphatic carbocycles. The lowest BCUT2D eigenvalue weighted by atomic mass is 9.82. The summed E-state index contributed by atoms with van der Waals surface area (Å²) in [7, 11) is 0. The lowest BCUT2D eigenvalue weighted by Gasteiger charge is -2.30. The van der Waals surface area contributed by atoms with Gasteiger partial charge in [-0.1, -0.05) is 135 Å². The second-order valence-electron chi connectivity index (χ2n) is 14.4. The normalized spacial score (nSPS) is 13.3. The zero-order valence-corrected chi connectivity index (χ0v) is 28.9. The minimum atomic E-state index is -0.155. The zero-order chi connectivity index (χ0) is 34.6. The summed E-state index contributed by atoms with van der Waals surface area (Å²) in [6.07, 6.45) is 0. The molecule has 2 aromatic heterocycles. The van der Waals surface area contributed by atoms with Gasteiger partial charge in [0.05, 0.1) is 27.8 Å². The maximum absolute atomic E-state index is 6.93. The van der Waals surface area contributed by atoms with E-state index in [-0.39, 0.29) is 5.41 Å². The Kier molecular flexibility index (Phi) is 6.01.